The van der Waals surface area contributed by atoms with Crippen molar-refractivity contribution in [2.24, 2.45) is 5.73 Å². The summed E-state index contributed by atoms with van der Waals surface area (Å²) >= 11 is 0. The molecule has 0 radical (unpaired) electrons. The Morgan fingerprint density at radius 3 is 2.64 bits per heavy atom. The molecular weight excluding hydrogens is 354 g/mol. The summed E-state index contributed by atoms with van der Waals surface area (Å²) in [6, 6.07) is 9.11. The number of carbonyl (C=O) groups excluding carboxylic acids is 1. The highest BCUT2D eigenvalue weighted by molar-refractivity contribution is 5.95. The quantitative estimate of drug-likeness (QED) is 0.743. The number of halogens is 3. The first-order chi connectivity index (χ1) is 11.5. The third kappa shape index (κ3) is 5.68. The van der Waals surface area contributed by atoms with Gasteiger partial charge in [-0.05, 0) is 18.6 Å². The summed E-state index contributed by atoms with van der Waals surface area (Å²) in [6.07, 6.45) is 2.30. The van der Waals surface area contributed by atoms with E-state index >= 15 is 0 Å². The molecule has 0 saturated carbocycles. The van der Waals surface area contributed by atoms with E-state index in [1.807, 2.05) is 25.1 Å². The van der Waals surface area contributed by atoms with Crippen molar-refractivity contribution in [3.63, 3.8) is 0 Å². The number of benzene rings is 1. The molecule has 9 heteroatoms. The van der Waals surface area contributed by atoms with Crippen molar-refractivity contribution in [3.8, 4) is 11.4 Å². The van der Waals surface area contributed by atoms with Crippen LogP contribution >= 0.6 is 12.4 Å². The van der Waals surface area contributed by atoms with Gasteiger partial charge < -0.3 is 15.8 Å². The first-order valence-electron chi connectivity index (χ1n) is 7.61. The maximum Gasteiger partial charge on any atom is 0.277 e. The third-order valence-electron chi connectivity index (χ3n) is 3.18. The zero-order valence-electron chi connectivity index (χ0n) is 13.7. The number of rotatable bonds is 8. The van der Waals surface area contributed by atoms with E-state index in [9.17, 15) is 13.6 Å². The van der Waals surface area contributed by atoms with Crippen LogP contribution in [0.1, 0.15) is 23.8 Å². The Hall–Kier alpha value is -2.19. The minimum Gasteiger partial charge on any atom is -0.489 e. The largest absolute Gasteiger partial charge is 0.489 e. The van der Waals surface area contributed by atoms with E-state index in [-0.39, 0.29) is 23.9 Å². The van der Waals surface area contributed by atoms with E-state index in [0.717, 1.165) is 12.1 Å². The summed E-state index contributed by atoms with van der Waals surface area (Å²) in [5, 5.41) is 6.31. The van der Waals surface area contributed by atoms with Crippen LogP contribution in [0.2, 0.25) is 0 Å². The van der Waals surface area contributed by atoms with Gasteiger partial charge in [-0.3, -0.25) is 4.79 Å². The molecule has 6 nitrogen and oxygen atoms in total. The van der Waals surface area contributed by atoms with E-state index in [4.69, 9.17) is 10.5 Å². The Morgan fingerprint density at radius 2 is 2.04 bits per heavy atom. The van der Waals surface area contributed by atoms with Gasteiger partial charge in [0.15, 0.2) is 11.4 Å². The van der Waals surface area contributed by atoms with Gasteiger partial charge in [0.05, 0.1) is 31.6 Å². The smallest absolute Gasteiger partial charge is 0.277 e. The summed E-state index contributed by atoms with van der Waals surface area (Å²) in [5.41, 5.74) is 5.65. The standard InChI is InChI=1S/C16H20F2N4O2.ClH/c1-2-8-24-13-9-22(12-6-4-3-5-7-12)21-14(13)15(23)20-11-16(17,18)10-19;/h3-7,9H,2,8,10-11,19H2,1H3,(H,20,23);1H. The van der Waals surface area contributed by atoms with Crippen LogP contribution < -0.4 is 15.8 Å². The number of amides is 1. The Bertz CT molecular complexity index is 680. The molecule has 0 fully saturated rings. The lowest BCUT2D eigenvalue weighted by Crippen LogP contribution is -2.41. The predicted octanol–water partition coefficient (Wildman–Crippen LogP) is 2.41. The van der Waals surface area contributed by atoms with Gasteiger partial charge in [0.2, 0.25) is 0 Å². The van der Waals surface area contributed by atoms with Crippen molar-refractivity contribution in [3.05, 3.63) is 42.2 Å². The average molecular weight is 375 g/mol. The highest BCUT2D eigenvalue weighted by Gasteiger charge is 2.29. The van der Waals surface area contributed by atoms with Crippen LogP contribution in [0, 0.1) is 0 Å². The number of hydrogen-bond donors (Lipinski definition) is 2. The van der Waals surface area contributed by atoms with Crippen molar-refractivity contribution in [2.45, 2.75) is 19.3 Å². The predicted molar refractivity (Wildman–Crippen MR) is 92.9 cm³/mol. The highest BCUT2D eigenvalue weighted by Crippen LogP contribution is 2.20. The number of ether oxygens (including phenoxy) is 1. The van der Waals surface area contributed by atoms with Crippen LogP contribution in [0.3, 0.4) is 0 Å². The fourth-order valence-corrected chi connectivity index (χ4v) is 1.91. The number of nitrogens with zero attached hydrogens (tertiary/aromatic N) is 2. The minimum absolute atomic E-state index is 0. The molecule has 25 heavy (non-hydrogen) atoms. The maximum atomic E-state index is 13.2. The molecule has 0 aliphatic rings. The zero-order valence-corrected chi connectivity index (χ0v) is 14.6. The first kappa shape index (κ1) is 20.9. The molecular formula is C16H21ClF2N4O2. The van der Waals surface area contributed by atoms with Gasteiger partial charge >= 0.3 is 0 Å². The van der Waals surface area contributed by atoms with Gasteiger partial charge in [0.25, 0.3) is 11.8 Å². The molecule has 3 N–H and O–H groups in total. The first-order valence-corrected chi connectivity index (χ1v) is 7.61. The number of aromatic nitrogens is 2. The minimum atomic E-state index is -3.16. The molecule has 0 bridgehead atoms. The lowest BCUT2D eigenvalue weighted by molar-refractivity contribution is 0.0117. The Kier molecular flexibility index (Phi) is 7.79. The van der Waals surface area contributed by atoms with Gasteiger partial charge in [0, 0.05) is 0 Å². The van der Waals surface area contributed by atoms with Crippen molar-refractivity contribution in [1.29, 1.82) is 0 Å². The fraction of sp³-hybridized carbons (Fsp3) is 0.375. The van der Waals surface area contributed by atoms with Gasteiger partial charge in [-0.1, -0.05) is 25.1 Å². The summed E-state index contributed by atoms with van der Waals surface area (Å²) in [6.45, 7) is 0.613. The van der Waals surface area contributed by atoms with Gasteiger partial charge in [0.1, 0.15) is 0 Å². The van der Waals surface area contributed by atoms with E-state index in [1.165, 1.54) is 4.68 Å². The highest BCUT2D eigenvalue weighted by atomic mass is 35.5. The Balaban J connectivity index is 0.00000312. The fourth-order valence-electron chi connectivity index (χ4n) is 1.91. The lowest BCUT2D eigenvalue weighted by atomic mass is 10.3. The van der Waals surface area contributed by atoms with Crippen molar-refractivity contribution >= 4 is 18.3 Å². The summed E-state index contributed by atoms with van der Waals surface area (Å²) in [5.74, 6) is -3.65. The van der Waals surface area contributed by atoms with E-state index in [0.29, 0.717) is 6.61 Å². The van der Waals surface area contributed by atoms with Gasteiger partial charge in [-0.25, -0.2) is 13.5 Å². The molecule has 1 aromatic heterocycles. The summed E-state index contributed by atoms with van der Waals surface area (Å²) < 4.78 is 33.4. The van der Waals surface area contributed by atoms with Gasteiger partial charge in [-0.15, -0.1) is 12.4 Å². The molecule has 138 valence electrons. The second-order valence-electron chi connectivity index (χ2n) is 5.21. The van der Waals surface area contributed by atoms with Crippen LogP contribution in [-0.2, 0) is 0 Å². The third-order valence-corrected chi connectivity index (χ3v) is 3.18. The number of nitrogens with two attached hydrogens (primary N) is 1. The monoisotopic (exact) mass is 374 g/mol. The number of nitrogens with one attached hydrogen (secondary N) is 1. The second kappa shape index (κ2) is 9.33. The Labute approximate surface area is 150 Å². The SMILES string of the molecule is CCCOc1cn(-c2ccccc2)nc1C(=O)NCC(F)(F)CN.Cl. The number of alkyl halides is 2. The molecule has 1 amide bonds. The van der Waals surface area contributed by atoms with Crippen molar-refractivity contribution in [1.82, 2.24) is 15.1 Å². The van der Waals surface area contributed by atoms with E-state index in [2.05, 4.69) is 10.4 Å². The molecule has 2 aromatic rings. The van der Waals surface area contributed by atoms with Crippen LogP contribution in [0.15, 0.2) is 36.5 Å². The van der Waals surface area contributed by atoms with E-state index in [1.54, 1.807) is 18.3 Å². The summed E-state index contributed by atoms with van der Waals surface area (Å²) in [4.78, 5) is 12.2. The maximum absolute atomic E-state index is 13.2. The number of carbonyl (C=O) groups is 1. The van der Waals surface area contributed by atoms with Crippen molar-refractivity contribution < 1.29 is 18.3 Å². The van der Waals surface area contributed by atoms with Gasteiger partial charge in [-0.2, -0.15) is 5.10 Å². The molecule has 0 unspecified atom stereocenters. The lowest BCUT2D eigenvalue weighted by Gasteiger charge is -2.14. The molecule has 0 aliphatic carbocycles. The second-order valence-corrected chi connectivity index (χ2v) is 5.21. The van der Waals surface area contributed by atoms with E-state index < -0.39 is 24.9 Å². The zero-order chi connectivity index (χ0) is 17.6. The molecule has 0 spiro atoms. The molecule has 0 aliphatic heterocycles. The number of hydrogen-bond acceptors (Lipinski definition) is 4. The average Bonchev–Trinajstić information content (AvgIpc) is 3.03. The number of para-hydroxylation sites is 1. The molecule has 1 aromatic carbocycles. The van der Waals surface area contributed by atoms with Crippen LogP contribution in [-0.4, -0.2) is 41.3 Å². The molecule has 0 saturated heterocycles. The van der Waals surface area contributed by atoms with Crippen molar-refractivity contribution in [2.75, 3.05) is 19.7 Å². The van der Waals surface area contributed by atoms with Crippen LogP contribution in [0.4, 0.5) is 8.78 Å². The van der Waals surface area contributed by atoms with Crippen LogP contribution in [0.5, 0.6) is 5.75 Å². The normalized spacial score (nSPS) is 10.9. The molecule has 1 heterocycles. The Morgan fingerprint density at radius 1 is 1.36 bits per heavy atom. The molecule has 2 rings (SSSR count). The van der Waals surface area contributed by atoms with Crippen LogP contribution in [0.25, 0.3) is 5.69 Å². The molecule has 0 atom stereocenters. The summed E-state index contributed by atoms with van der Waals surface area (Å²) in [7, 11) is 0. The topological polar surface area (TPSA) is 82.2 Å².